The summed E-state index contributed by atoms with van der Waals surface area (Å²) in [6, 6.07) is 0. The summed E-state index contributed by atoms with van der Waals surface area (Å²) >= 11 is 0. The Labute approximate surface area is 182 Å². The van der Waals surface area contributed by atoms with Crippen molar-refractivity contribution in [2.75, 3.05) is 0 Å². The molecule has 0 aromatic carbocycles. The van der Waals surface area contributed by atoms with Crippen molar-refractivity contribution in [3.63, 3.8) is 0 Å². The Morgan fingerprint density at radius 3 is 0.679 bits per heavy atom. The van der Waals surface area contributed by atoms with Crippen LogP contribution in [0.15, 0.2) is 0 Å². The predicted octanol–water partition coefficient (Wildman–Crippen LogP) is 10.3. The van der Waals surface area contributed by atoms with E-state index in [-0.39, 0.29) is 0 Å². The van der Waals surface area contributed by atoms with Gasteiger partial charge in [0.2, 0.25) is 0 Å². The minimum atomic E-state index is 0.411. The van der Waals surface area contributed by atoms with E-state index in [2.05, 4.69) is 125 Å². The minimum absolute atomic E-state index is 0.411. The summed E-state index contributed by atoms with van der Waals surface area (Å²) in [6.45, 7) is 42.6. The lowest BCUT2D eigenvalue weighted by atomic mass is 9.62. The largest absolute Gasteiger partial charge is 0.0615 e. The van der Waals surface area contributed by atoms with Crippen LogP contribution in [0.3, 0.4) is 0 Å². The van der Waals surface area contributed by atoms with E-state index >= 15 is 0 Å². The second kappa shape index (κ2) is 9.43. The first-order valence-corrected chi connectivity index (χ1v) is 11.7. The molecule has 0 aromatic rings. The van der Waals surface area contributed by atoms with Crippen LogP contribution < -0.4 is 0 Å². The first-order chi connectivity index (χ1) is 11.7. The van der Waals surface area contributed by atoms with Gasteiger partial charge in [0.1, 0.15) is 0 Å². The molecule has 0 amide bonds. The molecule has 0 aliphatic rings. The zero-order valence-electron chi connectivity index (χ0n) is 23.6. The van der Waals surface area contributed by atoms with E-state index < -0.39 is 0 Å². The van der Waals surface area contributed by atoms with Gasteiger partial charge in [-0.2, -0.15) is 0 Å². The van der Waals surface area contributed by atoms with Crippen LogP contribution in [0.2, 0.25) is 0 Å². The molecule has 0 fully saturated rings. The van der Waals surface area contributed by atoms with Crippen molar-refractivity contribution in [2.24, 2.45) is 44.3 Å². The summed E-state index contributed by atoms with van der Waals surface area (Å²) in [4.78, 5) is 0. The van der Waals surface area contributed by atoms with Crippen LogP contribution in [0.25, 0.3) is 0 Å². The summed E-state index contributed by atoms with van der Waals surface area (Å²) in [5.74, 6) is 1.49. The maximum absolute atomic E-state index is 2.41. The molecule has 2 atom stereocenters. The van der Waals surface area contributed by atoms with Crippen molar-refractivity contribution < 1.29 is 0 Å². The molecule has 0 rings (SSSR count). The first-order valence-electron chi connectivity index (χ1n) is 11.7. The lowest BCUT2D eigenvalue weighted by molar-refractivity contribution is 0.0614. The zero-order valence-corrected chi connectivity index (χ0v) is 23.6. The van der Waals surface area contributed by atoms with Crippen molar-refractivity contribution in [1.29, 1.82) is 0 Å². The van der Waals surface area contributed by atoms with Gasteiger partial charge < -0.3 is 0 Å². The molecule has 0 saturated heterocycles. The molecule has 2 unspecified atom stereocenters. The van der Waals surface area contributed by atoms with E-state index in [1.54, 1.807) is 0 Å². The second-order valence-electron chi connectivity index (χ2n) is 15.6. The standard InChI is InChI=1S/2C14H30/c2*1-11(13(5,6)7)14(8,9)10-12(2,3)4/h2*11H,10H2,1-9H3. The second-order valence-corrected chi connectivity index (χ2v) is 15.6. The van der Waals surface area contributed by atoms with Crippen LogP contribution in [-0.4, -0.2) is 0 Å². The fourth-order valence-electron chi connectivity index (χ4n) is 5.38. The van der Waals surface area contributed by atoms with Crippen molar-refractivity contribution >= 4 is 0 Å². The molecule has 0 aromatic heterocycles. The Balaban J connectivity index is 0. The summed E-state index contributed by atoms with van der Waals surface area (Å²) in [7, 11) is 0. The zero-order chi connectivity index (χ0) is 23.6. The van der Waals surface area contributed by atoms with Crippen LogP contribution in [-0.2, 0) is 0 Å². The van der Waals surface area contributed by atoms with Crippen LogP contribution in [0.4, 0.5) is 0 Å². The van der Waals surface area contributed by atoms with E-state index in [1.807, 2.05) is 0 Å². The maximum Gasteiger partial charge on any atom is -0.0319 e. The molecule has 172 valence electrons. The number of hydrogen-bond acceptors (Lipinski definition) is 0. The van der Waals surface area contributed by atoms with E-state index in [0.29, 0.717) is 32.5 Å². The van der Waals surface area contributed by atoms with Gasteiger partial charge in [-0.05, 0) is 57.2 Å². The van der Waals surface area contributed by atoms with Crippen molar-refractivity contribution in [1.82, 2.24) is 0 Å². The monoisotopic (exact) mass is 396 g/mol. The molecule has 0 aliphatic heterocycles. The third-order valence-corrected chi connectivity index (χ3v) is 6.91. The third kappa shape index (κ3) is 12.5. The highest BCUT2D eigenvalue weighted by Gasteiger charge is 2.37. The molecule has 0 heterocycles. The van der Waals surface area contributed by atoms with E-state index in [1.165, 1.54) is 12.8 Å². The summed E-state index contributed by atoms with van der Waals surface area (Å²) in [6.07, 6.45) is 2.58. The number of rotatable bonds is 4. The van der Waals surface area contributed by atoms with Gasteiger partial charge in [-0.15, -0.1) is 0 Å². The lowest BCUT2D eigenvalue weighted by Crippen LogP contribution is -2.35. The highest BCUT2D eigenvalue weighted by atomic mass is 14.4. The molecule has 0 N–H and O–H groups in total. The summed E-state index contributed by atoms with van der Waals surface area (Å²) in [5, 5.41) is 0. The number of hydrogen-bond donors (Lipinski definition) is 0. The first kappa shape index (κ1) is 30.2. The maximum atomic E-state index is 2.41. The highest BCUT2D eigenvalue weighted by molar-refractivity contribution is 4.87. The average Bonchev–Trinajstić information content (AvgIpc) is 2.29. The molecule has 0 radical (unpaired) electrons. The summed E-state index contributed by atoms with van der Waals surface area (Å²) < 4.78 is 0. The molecular weight excluding hydrogens is 336 g/mol. The molecule has 0 saturated carbocycles. The van der Waals surface area contributed by atoms with Crippen LogP contribution in [0.1, 0.15) is 137 Å². The Bertz CT molecular complexity index is 390. The smallest absolute Gasteiger partial charge is 0.0319 e. The summed E-state index contributed by atoms with van der Waals surface area (Å²) in [5.41, 5.74) is 2.54. The highest BCUT2D eigenvalue weighted by Crippen LogP contribution is 2.47. The van der Waals surface area contributed by atoms with E-state index in [0.717, 1.165) is 11.8 Å². The van der Waals surface area contributed by atoms with Gasteiger partial charge in [0.25, 0.3) is 0 Å². The predicted molar refractivity (Wildman–Crippen MR) is 133 cm³/mol. The van der Waals surface area contributed by atoms with Crippen LogP contribution in [0.5, 0.6) is 0 Å². The SMILES string of the molecule is CC(C(C)(C)C)C(C)(C)CC(C)(C)C.CC(C(C)(C)C)C(C)(C)CC(C)(C)C. The normalized spacial score (nSPS) is 16.9. The van der Waals surface area contributed by atoms with Crippen molar-refractivity contribution in [2.45, 2.75) is 137 Å². The van der Waals surface area contributed by atoms with Gasteiger partial charge >= 0.3 is 0 Å². The average molecular weight is 397 g/mol. The lowest BCUT2D eigenvalue weighted by Gasteiger charge is -2.44. The molecular formula is C28H60. The fraction of sp³-hybridized carbons (Fsp3) is 1.00. The molecule has 0 spiro atoms. The Morgan fingerprint density at radius 2 is 0.571 bits per heavy atom. The quantitative estimate of drug-likeness (QED) is 0.443. The van der Waals surface area contributed by atoms with Gasteiger partial charge in [-0.3, -0.25) is 0 Å². The van der Waals surface area contributed by atoms with Crippen molar-refractivity contribution in [3.8, 4) is 0 Å². The van der Waals surface area contributed by atoms with Gasteiger partial charge in [0.05, 0.1) is 0 Å². The van der Waals surface area contributed by atoms with Gasteiger partial charge in [0.15, 0.2) is 0 Å². The fourth-order valence-corrected chi connectivity index (χ4v) is 5.38. The Morgan fingerprint density at radius 1 is 0.393 bits per heavy atom. The molecule has 0 bridgehead atoms. The molecule has 0 heteroatoms. The Hall–Kier alpha value is 0. The van der Waals surface area contributed by atoms with E-state index in [4.69, 9.17) is 0 Å². The van der Waals surface area contributed by atoms with Crippen LogP contribution >= 0.6 is 0 Å². The minimum Gasteiger partial charge on any atom is -0.0615 e. The Kier molecular flexibility index (Phi) is 10.2. The third-order valence-electron chi connectivity index (χ3n) is 6.91. The van der Waals surface area contributed by atoms with Crippen molar-refractivity contribution in [3.05, 3.63) is 0 Å². The molecule has 28 heavy (non-hydrogen) atoms. The topological polar surface area (TPSA) is 0 Å². The van der Waals surface area contributed by atoms with Crippen LogP contribution in [0, 0.1) is 44.3 Å². The van der Waals surface area contributed by atoms with E-state index in [9.17, 15) is 0 Å². The molecule has 0 nitrogen and oxygen atoms in total. The molecule has 0 aliphatic carbocycles. The van der Waals surface area contributed by atoms with Gasteiger partial charge in [0, 0.05) is 0 Å². The van der Waals surface area contributed by atoms with Gasteiger partial charge in [-0.25, -0.2) is 0 Å². The van der Waals surface area contributed by atoms with Gasteiger partial charge in [-0.1, -0.05) is 125 Å².